The van der Waals surface area contributed by atoms with Crippen molar-refractivity contribution in [2.75, 3.05) is 0 Å². The molecule has 0 fully saturated rings. The fourth-order valence-electron chi connectivity index (χ4n) is 3.63. The van der Waals surface area contributed by atoms with Gasteiger partial charge in [-0.1, -0.05) is 59.6 Å². The van der Waals surface area contributed by atoms with Gasteiger partial charge in [-0.25, -0.2) is 14.3 Å². The van der Waals surface area contributed by atoms with Gasteiger partial charge >= 0.3 is 5.56 Å². The number of aryl methyl sites for hydroxylation is 1. The quantitative estimate of drug-likeness (QED) is 0.349. The maximum atomic E-state index is 13.5. The fourth-order valence-corrected chi connectivity index (χ4v) is 4.59. The molecule has 2 aromatic carbocycles. The van der Waals surface area contributed by atoms with E-state index in [9.17, 15) is 9.90 Å². The number of rotatable bonds is 5. The molecule has 164 valence electrons. The Morgan fingerprint density at radius 1 is 1.06 bits per heavy atom. The standard InChI is InChI=1S/C25H18ClN3O3S/c1-16-7-9-18(10-8-16)32-19-11-12-21-28(14-19)23(30)22(17-5-3-2-4-6-17)24(31)29(21)15-20-13-27-25(26)33-20/h2-14H,15H2,1H3. The summed E-state index contributed by atoms with van der Waals surface area (Å²) in [5, 5.41) is 13.5. The van der Waals surface area contributed by atoms with E-state index < -0.39 is 5.56 Å². The van der Waals surface area contributed by atoms with Crippen molar-refractivity contribution in [3.63, 3.8) is 0 Å². The Morgan fingerprint density at radius 2 is 1.79 bits per heavy atom. The molecule has 0 aliphatic heterocycles. The molecule has 0 amide bonds. The van der Waals surface area contributed by atoms with Gasteiger partial charge < -0.3 is 9.84 Å². The Bertz CT molecular complexity index is 1510. The van der Waals surface area contributed by atoms with Crippen LogP contribution in [-0.2, 0) is 6.54 Å². The van der Waals surface area contributed by atoms with Crippen LogP contribution in [0.25, 0.3) is 16.8 Å². The molecule has 33 heavy (non-hydrogen) atoms. The average Bonchev–Trinajstić information content (AvgIpc) is 3.24. The molecule has 0 aliphatic rings. The highest BCUT2D eigenvalue weighted by molar-refractivity contribution is 7.15. The predicted molar refractivity (Wildman–Crippen MR) is 126 cm³/mol. The lowest BCUT2D eigenvalue weighted by Gasteiger charge is -2.17. The first-order valence-electron chi connectivity index (χ1n) is 10.2. The van der Waals surface area contributed by atoms with Crippen molar-refractivity contribution >= 4 is 28.6 Å². The summed E-state index contributed by atoms with van der Waals surface area (Å²) in [5.41, 5.74) is 1.82. The zero-order chi connectivity index (χ0) is 22.9. The Kier molecular flexibility index (Phi) is 5.58. The van der Waals surface area contributed by atoms with Gasteiger partial charge in [-0.15, -0.1) is 11.3 Å². The first-order valence-corrected chi connectivity index (χ1v) is 11.4. The van der Waals surface area contributed by atoms with E-state index >= 15 is 0 Å². The number of hydrogen-bond donors (Lipinski definition) is 0. The molecular weight excluding hydrogens is 458 g/mol. The molecule has 8 heteroatoms. The van der Waals surface area contributed by atoms with Crippen molar-refractivity contribution in [3.8, 4) is 28.5 Å². The van der Waals surface area contributed by atoms with Crippen LogP contribution in [0.3, 0.4) is 0 Å². The third-order valence-electron chi connectivity index (χ3n) is 5.23. The van der Waals surface area contributed by atoms with Gasteiger partial charge in [0.25, 0.3) is 5.65 Å². The minimum Gasteiger partial charge on any atom is -0.842 e. The minimum absolute atomic E-state index is 0.0937. The van der Waals surface area contributed by atoms with Crippen LogP contribution in [0.2, 0.25) is 4.47 Å². The highest BCUT2D eigenvalue weighted by atomic mass is 35.5. The van der Waals surface area contributed by atoms with Crippen molar-refractivity contribution in [1.82, 2.24) is 9.38 Å². The maximum Gasteiger partial charge on any atom is 0.349 e. The van der Waals surface area contributed by atoms with Crippen LogP contribution >= 0.6 is 22.9 Å². The second-order valence-corrected chi connectivity index (χ2v) is 9.22. The number of halogens is 1. The van der Waals surface area contributed by atoms with E-state index in [0.29, 0.717) is 27.2 Å². The Hall–Kier alpha value is -3.68. The molecule has 0 radical (unpaired) electrons. The number of aromatic nitrogens is 3. The molecule has 0 spiro atoms. The zero-order valence-corrected chi connectivity index (χ0v) is 19.1. The number of thiazole rings is 1. The molecule has 6 nitrogen and oxygen atoms in total. The van der Waals surface area contributed by atoms with Gasteiger partial charge in [-0.2, -0.15) is 4.40 Å². The Balaban J connectivity index is 1.70. The van der Waals surface area contributed by atoms with Crippen LogP contribution in [-0.4, -0.2) is 9.38 Å². The Labute approximate surface area is 198 Å². The van der Waals surface area contributed by atoms with Gasteiger partial charge in [-0.3, -0.25) is 0 Å². The van der Waals surface area contributed by atoms with Gasteiger partial charge in [-0.05, 0) is 30.7 Å². The maximum absolute atomic E-state index is 13.5. The zero-order valence-electron chi connectivity index (χ0n) is 17.6. The molecule has 5 aromatic rings. The topological polar surface area (TPSA) is 70.5 Å². The molecule has 0 saturated carbocycles. The molecule has 0 atom stereocenters. The Morgan fingerprint density at radius 3 is 2.48 bits per heavy atom. The summed E-state index contributed by atoms with van der Waals surface area (Å²) in [4.78, 5) is 18.3. The van der Waals surface area contributed by atoms with Crippen LogP contribution in [0.4, 0.5) is 0 Å². The SMILES string of the molecule is Cc1ccc(Oc2ccc3n(c2)c(=O)c(-c2ccccc2)c([O-])[n+]3Cc2cnc(Cl)s2)cc1. The first-order chi connectivity index (χ1) is 16.0. The van der Waals surface area contributed by atoms with Gasteiger partial charge in [0, 0.05) is 12.3 Å². The van der Waals surface area contributed by atoms with Crippen molar-refractivity contribution in [1.29, 1.82) is 0 Å². The first kappa shape index (κ1) is 21.2. The lowest BCUT2D eigenvalue weighted by molar-refractivity contribution is -0.707. The van der Waals surface area contributed by atoms with Gasteiger partial charge in [0.2, 0.25) is 0 Å². The van der Waals surface area contributed by atoms with Crippen LogP contribution in [0.1, 0.15) is 10.4 Å². The molecule has 3 aromatic heterocycles. The molecule has 0 unspecified atom stereocenters. The smallest absolute Gasteiger partial charge is 0.349 e. The minimum atomic E-state index is -0.408. The molecule has 0 N–H and O–H groups in total. The molecule has 0 aliphatic carbocycles. The van der Waals surface area contributed by atoms with Crippen LogP contribution in [0.15, 0.2) is 83.9 Å². The van der Waals surface area contributed by atoms with E-state index in [2.05, 4.69) is 4.98 Å². The van der Waals surface area contributed by atoms with Gasteiger partial charge in [0.1, 0.15) is 24.1 Å². The molecule has 0 bridgehead atoms. The van der Waals surface area contributed by atoms with E-state index in [1.54, 1.807) is 53.4 Å². The molecule has 3 heterocycles. The van der Waals surface area contributed by atoms with Crippen LogP contribution < -0.4 is 20.0 Å². The lowest BCUT2D eigenvalue weighted by Crippen LogP contribution is -2.44. The largest absolute Gasteiger partial charge is 0.842 e. The highest BCUT2D eigenvalue weighted by Gasteiger charge is 2.21. The number of benzene rings is 2. The van der Waals surface area contributed by atoms with Crippen molar-refractivity contribution in [2.45, 2.75) is 13.5 Å². The van der Waals surface area contributed by atoms with Crippen molar-refractivity contribution < 1.29 is 14.4 Å². The van der Waals surface area contributed by atoms with Crippen LogP contribution in [0, 0.1) is 6.92 Å². The summed E-state index contributed by atoms with van der Waals surface area (Å²) >= 11 is 7.29. The number of pyridine rings is 1. The summed E-state index contributed by atoms with van der Waals surface area (Å²) < 4.78 is 9.37. The van der Waals surface area contributed by atoms with E-state index in [0.717, 1.165) is 10.4 Å². The third-order valence-corrected chi connectivity index (χ3v) is 6.33. The fraction of sp³-hybridized carbons (Fsp3) is 0.0800. The summed E-state index contributed by atoms with van der Waals surface area (Å²) in [7, 11) is 0. The summed E-state index contributed by atoms with van der Waals surface area (Å²) in [6.45, 7) is 2.24. The number of ether oxygens (including phenoxy) is 1. The summed E-state index contributed by atoms with van der Waals surface area (Å²) in [6, 6.07) is 20.0. The van der Waals surface area contributed by atoms with E-state index in [4.69, 9.17) is 16.3 Å². The monoisotopic (exact) mass is 475 g/mol. The third kappa shape index (κ3) is 4.20. The number of nitrogens with zero attached hydrogens (tertiary/aromatic N) is 3. The molecular formula is C25H18ClN3O3S. The van der Waals surface area contributed by atoms with Gasteiger partial charge in [0.15, 0.2) is 10.2 Å². The van der Waals surface area contributed by atoms with Crippen molar-refractivity contribution in [3.05, 3.63) is 104 Å². The average molecular weight is 476 g/mol. The summed E-state index contributed by atoms with van der Waals surface area (Å²) in [5.74, 6) is 0.769. The highest BCUT2D eigenvalue weighted by Crippen LogP contribution is 2.25. The molecule has 0 saturated heterocycles. The van der Waals surface area contributed by atoms with E-state index in [1.807, 2.05) is 37.3 Å². The number of fused-ring (bicyclic) bond motifs is 1. The second-order valence-electron chi connectivity index (χ2n) is 7.53. The van der Waals surface area contributed by atoms with E-state index in [1.165, 1.54) is 15.7 Å². The second kappa shape index (κ2) is 8.69. The number of hydrogen-bond acceptors (Lipinski definition) is 5. The normalized spacial score (nSPS) is 11.1. The van der Waals surface area contributed by atoms with E-state index in [-0.39, 0.29) is 18.0 Å². The van der Waals surface area contributed by atoms with Crippen molar-refractivity contribution in [2.24, 2.45) is 0 Å². The van der Waals surface area contributed by atoms with Crippen LogP contribution in [0.5, 0.6) is 17.4 Å². The van der Waals surface area contributed by atoms with Gasteiger partial charge in [0.05, 0.1) is 10.8 Å². The lowest BCUT2D eigenvalue weighted by atomic mass is 10.1. The summed E-state index contributed by atoms with van der Waals surface area (Å²) in [6.07, 6.45) is 3.25. The molecule has 5 rings (SSSR count). The predicted octanol–water partition coefficient (Wildman–Crippen LogP) is 4.59.